The minimum absolute atomic E-state index is 0. The number of hydrogen-bond acceptors (Lipinski definition) is 3. The Morgan fingerprint density at radius 1 is 0.964 bits per heavy atom. The van der Waals surface area contributed by atoms with E-state index in [1.807, 2.05) is 30.3 Å². The Kier molecular flexibility index (Phi) is 7.16. The summed E-state index contributed by atoms with van der Waals surface area (Å²) in [6, 6.07) is 15.6. The van der Waals surface area contributed by atoms with Gasteiger partial charge in [-0.2, -0.15) is 0 Å². The highest BCUT2D eigenvalue weighted by molar-refractivity contribution is 5.87. The molecule has 7 heteroatoms. The topological polar surface area (TPSA) is 66.6 Å². The van der Waals surface area contributed by atoms with Crippen molar-refractivity contribution in [3.8, 4) is 0 Å². The van der Waals surface area contributed by atoms with Gasteiger partial charge in [-0.1, -0.05) is 48.5 Å². The van der Waals surface area contributed by atoms with Crippen molar-refractivity contribution in [2.24, 2.45) is 5.73 Å². The van der Waals surface area contributed by atoms with E-state index in [0.717, 1.165) is 5.56 Å². The van der Waals surface area contributed by atoms with Crippen LogP contribution < -0.4 is 5.73 Å². The lowest BCUT2D eigenvalue weighted by Crippen LogP contribution is -2.57. The number of carbonyl (C=O) groups is 2. The molecule has 0 bridgehead atoms. The zero-order chi connectivity index (χ0) is 19.4. The fourth-order valence-corrected chi connectivity index (χ4v) is 3.31. The predicted octanol–water partition coefficient (Wildman–Crippen LogP) is 2.33. The molecule has 0 saturated carbocycles. The third-order valence-electron chi connectivity index (χ3n) is 5.04. The summed E-state index contributed by atoms with van der Waals surface area (Å²) < 4.78 is 13.7. The molecular weight excluding hydrogens is 381 g/mol. The number of piperazine rings is 1. The predicted molar refractivity (Wildman–Crippen MR) is 108 cm³/mol. The molecule has 1 fully saturated rings. The van der Waals surface area contributed by atoms with E-state index in [-0.39, 0.29) is 36.5 Å². The maximum Gasteiger partial charge on any atom is 0.247 e. The van der Waals surface area contributed by atoms with Crippen LogP contribution in [0.25, 0.3) is 0 Å². The molecule has 5 nitrogen and oxygen atoms in total. The van der Waals surface area contributed by atoms with E-state index in [0.29, 0.717) is 31.7 Å². The number of hydrogen-bond donors (Lipinski definition) is 1. The molecule has 2 aromatic carbocycles. The number of nitrogens with two attached hydrogens (primary N) is 1. The number of amides is 2. The smallest absolute Gasteiger partial charge is 0.247 e. The van der Waals surface area contributed by atoms with E-state index in [1.165, 1.54) is 6.07 Å². The van der Waals surface area contributed by atoms with E-state index >= 15 is 0 Å². The normalized spacial score (nSPS) is 16.1. The second-order valence-corrected chi connectivity index (χ2v) is 7.01. The molecule has 1 atom stereocenters. The number of carbonyl (C=O) groups excluding carboxylic acids is 2. The molecule has 0 spiro atoms. The highest BCUT2D eigenvalue weighted by Gasteiger charge is 2.36. The van der Waals surface area contributed by atoms with Crippen LogP contribution in [0.2, 0.25) is 0 Å². The SMILES string of the molecule is CC(N)(C(=O)N1CCN(C(=O)Cc2ccccc2F)CC1)c1ccccc1.Cl. The van der Waals surface area contributed by atoms with Crippen LogP contribution in [0.3, 0.4) is 0 Å². The van der Waals surface area contributed by atoms with E-state index in [4.69, 9.17) is 5.73 Å². The average molecular weight is 406 g/mol. The summed E-state index contributed by atoms with van der Waals surface area (Å²) in [7, 11) is 0. The van der Waals surface area contributed by atoms with Crippen LogP contribution in [0.4, 0.5) is 4.39 Å². The zero-order valence-electron chi connectivity index (χ0n) is 15.8. The fourth-order valence-electron chi connectivity index (χ4n) is 3.31. The van der Waals surface area contributed by atoms with Gasteiger partial charge in [-0.05, 0) is 24.1 Å². The van der Waals surface area contributed by atoms with Crippen molar-refractivity contribution in [3.05, 3.63) is 71.5 Å². The Labute approximate surface area is 170 Å². The largest absolute Gasteiger partial charge is 0.339 e. The van der Waals surface area contributed by atoms with Gasteiger partial charge in [0, 0.05) is 26.2 Å². The molecule has 1 unspecified atom stereocenters. The van der Waals surface area contributed by atoms with Gasteiger partial charge >= 0.3 is 0 Å². The van der Waals surface area contributed by atoms with Crippen molar-refractivity contribution in [1.29, 1.82) is 0 Å². The van der Waals surface area contributed by atoms with Crippen LogP contribution in [0.5, 0.6) is 0 Å². The van der Waals surface area contributed by atoms with Gasteiger partial charge in [0.25, 0.3) is 0 Å². The molecule has 1 aliphatic heterocycles. The van der Waals surface area contributed by atoms with Gasteiger partial charge in [0.15, 0.2) is 0 Å². The lowest BCUT2D eigenvalue weighted by atomic mass is 9.91. The van der Waals surface area contributed by atoms with Crippen LogP contribution >= 0.6 is 12.4 Å². The Hall–Kier alpha value is -2.44. The molecule has 150 valence electrons. The summed E-state index contributed by atoms with van der Waals surface area (Å²) in [4.78, 5) is 28.7. The third kappa shape index (κ3) is 4.69. The van der Waals surface area contributed by atoms with Crippen molar-refractivity contribution in [2.75, 3.05) is 26.2 Å². The first-order valence-corrected chi connectivity index (χ1v) is 9.04. The van der Waals surface area contributed by atoms with Crippen molar-refractivity contribution >= 4 is 24.2 Å². The maximum atomic E-state index is 13.7. The van der Waals surface area contributed by atoms with E-state index in [2.05, 4.69) is 0 Å². The maximum absolute atomic E-state index is 13.7. The van der Waals surface area contributed by atoms with E-state index in [9.17, 15) is 14.0 Å². The highest BCUT2D eigenvalue weighted by Crippen LogP contribution is 2.21. The molecule has 0 radical (unpaired) electrons. The van der Waals surface area contributed by atoms with Crippen LogP contribution in [0, 0.1) is 5.82 Å². The van der Waals surface area contributed by atoms with Crippen LogP contribution in [0.1, 0.15) is 18.1 Å². The van der Waals surface area contributed by atoms with Gasteiger partial charge < -0.3 is 15.5 Å². The van der Waals surface area contributed by atoms with Crippen molar-refractivity contribution in [2.45, 2.75) is 18.9 Å². The second-order valence-electron chi connectivity index (χ2n) is 7.01. The van der Waals surface area contributed by atoms with Gasteiger partial charge in [0.1, 0.15) is 11.4 Å². The van der Waals surface area contributed by atoms with Crippen molar-refractivity contribution < 1.29 is 14.0 Å². The van der Waals surface area contributed by atoms with Gasteiger partial charge in [0.05, 0.1) is 6.42 Å². The molecule has 1 heterocycles. The number of halogens is 2. The fraction of sp³-hybridized carbons (Fsp3) is 0.333. The monoisotopic (exact) mass is 405 g/mol. The minimum atomic E-state index is -1.11. The second kappa shape index (κ2) is 9.17. The quantitative estimate of drug-likeness (QED) is 0.849. The van der Waals surface area contributed by atoms with Crippen LogP contribution in [-0.4, -0.2) is 47.8 Å². The van der Waals surface area contributed by atoms with Gasteiger partial charge in [-0.25, -0.2) is 4.39 Å². The van der Waals surface area contributed by atoms with Crippen molar-refractivity contribution in [3.63, 3.8) is 0 Å². The van der Waals surface area contributed by atoms with Crippen LogP contribution in [-0.2, 0) is 21.5 Å². The molecular formula is C21H25ClFN3O2. The Morgan fingerprint density at radius 2 is 1.50 bits per heavy atom. The first kappa shape index (κ1) is 21.9. The molecule has 2 amide bonds. The van der Waals surface area contributed by atoms with Crippen LogP contribution in [0.15, 0.2) is 54.6 Å². The van der Waals surface area contributed by atoms with Gasteiger partial charge in [0.2, 0.25) is 11.8 Å². The Balaban J connectivity index is 0.00000280. The molecule has 3 rings (SSSR count). The molecule has 1 aliphatic rings. The van der Waals surface area contributed by atoms with E-state index < -0.39 is 5.54 Å². The standard InChI is InChI=1S/C21H24FN3O2.ClH/c1-21(23,17-8-3-2-4-9-17)20(27)25-13-11-24(12-14-25)19(26)15-16-7-5-6-10-18(16)22;/h2-10H,11-15,23H2,1H3;1H. The number of nitrogens with zero attached hydrogens (tertiary/aromatic N) is 2. The molecule has 0 aromatic heterocycles. The lowest BCUT2D eigenvalue weighted by Gasteiger charge is -2.38. The molecule has 28 heavy (non-hydrogen) atoms. The first-order chi connectivity index (χ1) is 12.9. The van der Waals surface area contributed by atoms with Gasteiger partial charge in [-0.15, -0.1) is 12.4 Å². The summed E-state index contributed by atoms with van der Waals surface area (Å²) in [5, 5.41) is 0. The molecule has 1 saturated heterocycles. The first-order valence-electron chi connectivity index (χ1n) is 9.04. The number of benzene rings is 2. The Morgan fingerprint density at radius 3 is 2.11 bits per heavy atom. The molecule has 2 N–H and O–H groups in total. The third-order valence-corrected chi connectivity index (χ3v) is 5.04. The summed E-state index contributed by atoms with van der Waals surface area (Å²) in [6.07, 6.45) is 0.0270. The minimum Gasteiger partial charge on any atom is -0.339 e. The summed E-state index contributed by atoms with van der Waals surface area (Å²) >= 11 is 0. The summed E-state index contributed by atoms with van der Waals surface area (Å²) in [5.41, 5.74) is 6.35. The van der Waals surface area contributed by atoms with Gasteiger partial charge in [-0.3, -0.25) is 9.59 Å². The number of rotatable bonds is 4. The summed E-state index contributed by atoms with van der Waals surface area (Å²) in [6.45, 7) is 3.39. The summed E-state index contributed by atoms with van der Waals surface area (Å²) in [5.74, 6) is -0.665. The molecule has 0 aliphatic carbocycles. The van der Waals surface area contributed by atoms with E-state index in [1.54, 1.807) is 34.9 Å². The lowest BCUT2D eigenvalue weighted by molar-refractivity contribution is -0.142. The van der Waals surface area contributed by atoms with Crippen molar-refractivity contribution in [1.82, 2.24) is 9.80 Å². The zero-order valence-corrected chi connectivity index (χ0v) is 16.6. The average Bonchev–Trinajstić information content (AvgIpc) is 2.70. The highest BCUT2D eigenvalue weighted by atomic mass is 35.5. The molecule has 2 aromatic rings. The Bertz CT molecular complexity index is 821.